The molecule has 2 atom stereocenters. The second-order valence-corrected chi connectivity index (χ2v) is 7.51. The Kier molecular flexibility index (Phi) is 6.67. The van der Waals surface area contributed by atoms with Crippen LogP contribution in [0.5, 0.6) is 0 Å². The average Bonchev–Trinajstić information content (AvgIpc) is 3.14. The Hall–Kier alpha value is -1.88. The van der Waals surface area contributed by atoms with Gasteiger partial charge >= 0.3 is 0 Å². The molecule has 2 aliphatic heterocycles. The predicted molar refractivity (Wildman–Crippen MR) is 103 cm³/mol. The van der Waals surface area contributed by atoms with Gasteiger partial charge in [-0.3, -0.25) is 14.5 Å². The summed E-state index contributed by atoms with van der Waals surface area (Å²) in [7, 11) is 0. The average molecular weight is 357 g/mol. The number of nitrogens with zero attached hydrogens (tertiary/aromatic N) is 2. The van der Waals surface area contributed by atoms with Crippen molar-refractivity contribution in [3.8, 4) is 0 Å². The highest BCUT2D eigenvalue weighted by Crippen LogP contribution is 2.19. The minimum absolute atomic E-state index is 0.0695. The zero-order chi connectivity index (χ0) is 18.4. The number of hydrogen-bond donors (Lipinski definition) is 1. The number of rotatable bonds is 6. The Morgan fingerprint density at radius 2 is 1.88 bits per heavy atom. The summed E-state index contributed by atoms with van der Waals surface area (Å²) in [6.07, 6.45) is 4.59. The molecule has 0 unspecified atom stereocenters. The number of piperidine rings is 1. The molecule has 2 aliphatic rings. The molecule has 1 N–H and O–H groups in total. The molecular formula is C21H31N3O2. The van der Waals surface area contributed by atoms with Crippen molar-refractivity contribution in [1.29, 1.82) is 0 Å². The Morgan fingerprint density at radius 1 is 1.12 bits per heavy atom. The maximum Gasteiger partial charge on any atom is 0.227 e. The molecule has 2 saturated heterocycles. The molecule has 2 fully saturated rings. The van der Waals surface area contributed by atoms with Gasteiger partial charge in [-0.2, -0.15) is 0 Å². The fourth-order valence-corrected chi connectivity index (χ4v) is 4.21. The molecule has 26 heavy (non-hydrogen) atoms. The summed E-state index contributed by atoms with van der Waals surface area (Å²) in [6.45, 7) is 6.42. The third-order valence-corrected chi connectivity index (χ3v) is 5.76. The van der Waals surface area contributed by atoms with Crippen molar-refractivity contribution in [3.05, 3.63) is 35.9 Å². The lowest BCUT2D eigenvalue weighted by Gasteiger charge is -2.32. The van der Waals surface area contributed by atoms with Gasteiger partial charge in [0, 0.05) is 25.7 Å². The zero-order valence-corrected chi connectivity index (χ0v) is 15.8. The fraction of sp³-hybridized carbons (Fsp3) is 0.619. The molecule has 1 aromatic carbocycles. The van der Waals surface area contributed by atoms with Crippen molar-refractivity contribution in [3.63, 3.8) is 0 Å². The summed E-state index contributed by atoms with van der Waals surface area (Å²) in [5.74, 6) is 0.173. The van der Waals surface area contributed by atoms with Crippen LogP contribution in [-0.4, -0.2) is 60.4 Å². The number of benzene rings is 1. The van der Waals surface area contributed by atoms with E-state index in [1.54, 1.807) is 0 Å². The summed E-state index contributed by atoms with van der Waals surface area (Å²) in [6, 6.07) is 10.3. The van der Waals surface area contributed by atoms with E-state index < -0.39 is 0 Å². The number of nitrogens with one attached hydrogen (secondary N) is 1. The number of carbonyl (C=O) groups excluding carboxylic acids is 2. The van der Waals surface area contributed by atoms with Crippen molar-refractivity contribution < 1.29 is 9.59 Å². The van der Waals surface area contributed by atoms with Gasteiger partial charge in [0.25, 0.3) is 0 Å². The zero-order valence-electron chi connectivity index (χ0n) is 15.8. The number of hydrogen-bond acceptors (Lipinski definition) is 3. The van der Waals surface area contributed by atoms with Gasteiger partial charge < -0.3 is 10.2 Å². The third kappa shape index (κ3) is 4.85. The molecular weight excluding hydrogens is 326 g/mol. The predicted octanol–water partition coefficient (Wildman–Crippen LogP) is 2.07. The van der Waals surface area contributed by atoms with Crippen LogP contribution in [0.15, 0.2) is 30.3 Å². The van der Waals surface area contributed by atoms with Crippen LogP contribution in [0.3, 0.4) is 0 Å². The number of carbonyl (C=O) groups is 2. The molecule has 0 spiro atoms. The maximum absolute atomic E-state index is 12.6. The molecule has 3 rings (SSSR count). The van der Waals surface area contributed by atoms with Gasteiger partial charge in [0.1, 0.15) is 0 Å². The van der Waals surface area contributed by atoms with Crippen LogP contribution in [0.4, 0.5) is 0 Å². The first-order valence-electron chi connectivity index (χ1n) is 10.0. The number of likely N-dealkylation sites (tertiary alicyclic amines) is 2. The molecule has 5 nitrogen and oxygen atoms in total. The maximum atomic E-state index is 12.6. The standard InChI is InChI=1S/C21H31N3O2/c1-2-23-12-7-11-19(23)15-22-21(26)18-10-6-13-24(16-18)20(25)14-17-8-4-3-5-9-17/h3-5,8-9,18-19H,2,6-7,10-16H2,1H3,(H,22,26)/t18-,19+/m1/s1. The molecule has 142 valence electrons. The largest absolute Gasteiger partial charge is 0.354 e. The minimum atomic E-state index is -0.0695. The number of amides is 2. The van der Waals surface area contributed by atoms with Crippen LogP contribution < -0.4 is 5.32 Å². The van der Waals surface area contributed by atoms with E-state index in [1.807, 2.05) is 35.2 Å². The third-order valence-electron chi connectivity index (χ3n) is 5.76. The Morgan fingerprint density at radius 3 is 2.65 bits per heavy atom. The van der Waals surface area contributed by atoms with Crippen LogP contribution >= 0.6 is 0 Å². The Bertz CT molecular complexity index is 605. The Balaban J connectivity index is 1.48. The van der Waals surface area contributed by atoms with Crippen LogP contribution in [0.25, 0.3) is 0 Å². The Labute approximate surface area is 156 Å². The number of likely N-dealkylation sites (N-methyl/N-ethyl adjacent to an activating group) is 1. The molecule has 0 radical (unpaired) electrons. The highest BCUT2D eigenvalue weighted by molar-refractivity contribution is 5.82. The second-order valence-electron chi connectivity index (χ2n) is 7.51. The SMILES string of the molecule is CCN1CCC[C@H]1CNC(=O)[C@@H]1CCCN(C(=O)Cc2ccccc2)C1. The van der Waals surface area contributed by atoms with Crippen molar-refractivity contribution in [2.24, 2.45) is 5.92 Å². The molecule has 1 aromatic rings. The van der Waals surface area contributed by atoms with Gasteiger partial charge in [0.15, 0.2) is 0 Å². The lowest BCUT2D eigenvalue weighted by molar-refractivity contribution is -0.135. The van der Waals surface area contributed by atoms with Crippen LogP contribution in [0.2, 0.25) is 0 Å². The topological polar surface area (TPSA) is 52.7 Å². The lowest BCUT2D eigenvalue weighted by atomic mass is 9.96. The van der Waals surface area contributed by atoms with Gasteiger partial charge in [-0.1, -0.05) is 37.3 Å². The van der Waals surface area contributed by atoms with Gasteiger partial charge in [-0.25, -0.2) is 0 Å². The molecule has 0 bridgehead atoms. The van der Waals surface area contributed by atoms with E-state index >= 15 is 0 Å². The minimum Gasteiger partial charge on any atom is -0.354 e. The van der Waals surface area contributed by atoms with E-state index in [0.717, 1.165) is 44.6 Å². The first-order valence-corrected chi connectivity index (χ1v) is 10.0. The quantitative estimate of drug-likeness (QED) is 0.848. The first-order chi connectivity index (χ1) is 12.7. The lowest BCUT2D eigenvalue weighted by Crippen LogP contribution is -2.48. The summed E-state index contributed by atoms with van der Waals surface area (Å²) < 4.78 is 0. The molecule has 2 heterocycles. The summed E-state index contributed by atoms with van der Waals surface area (Å²) in [5.41, 5.74) is 1.03. The second kappa shape index (κ2) is 9.17. The van der Waals surface area contributed by atoms with Crippen LogP contribution in [0.1, 0.15) is 38.2 Å². The van der Waals surface area contributed by atoms with Crippen molar-refractivity contribution >= 4 is 11.8 Å². The van der Waals surface area contributed by atoms with E-state index in [2.05, 4.69) is 17.1 Å². The van der Waals surface area contributed by atoms with E-state index in [0.29, 0.717) is 19.0 Å². The first kappa shape index (κ1) is 18.9. The fourth-order valence-electron chi connectivity index (χ4n) is 4.21. The molecule has 2 amide bonds. The molecule has 0 saturated carbocycles. The van der Waals surface area contributed by atoms with E-state index in [1.165, 1.54) is 12.8 Å². The van der Waals surface area contributed by atoms with E-state index in [4.69, 9.17) is 0 Å². The highest BCUT2D eigenvalue weighted by Gasteiger charge is 2.29. The van der Waals surface area contributed by atoms with Gasteiger partial charge in [-0.05, 0) is 44.3 Å². The van der Waals surface area contributed by atoms with E-state index in [9.17, 15) is 9.59 Å². The molecule has 0 aliphatic carbocycles. The van der Waals surface area contributed by atoms with Crippen molar-refractivity contribution in [1.82, 2.24) is 15.1 Å². The van der Waals surface area contributed by atoms with Gasteiger partial charge in [0.05, 0.1) is 12.3 Å². The molecule has 0 aromatic heterocycles. The van der Waals surface area contributed by atoms with Gasteiger partial charge in [-0.15, -0.1) is 0 Å². The monoisotopic (exact) mass is 357 g/mol. The van der Waals surface area contributed by atoms with Gasteiger partial charge in [0.2, 0.25) is 11.8 Å². The summed E-state index contributed by atoms with van der Waals surface area (Å²) >= 11 is 0. The van der Waals surface area contributed by atoms with Crippen LogP contribution in [0, 0.1) is 5.92 Å². The highest BCUT2D eigenvalue weighted by atomic mass is 16.2. The normalized spacial score (nSPS) is 23.8. The smallest absolute Gasteiger partial charge is 0.227 e. The van der Waals surface area contributed by atoms with Crippen LogP contribution in [-0.2, 0) is 16.0 Å². The summed E-state index contributed by atoms with van der Waals surface area (Å²) in [5, 5.41) is 3.15. The van der Waals surface area contributed by atoms with Crippen molar-refractivity contribution in [2.75, 3.05) is 32.7 Å². The van der Waals surface area contributed by atoms with Crippen molar-refractivity contribution in [2.45, 2.75) is 45.1 Å². The van der Waals surface area contributed by atoms with E-state index in [-0.39, 0.29) is 17.7 Å². The summed E-state index contributed by atoms with van der Waals surface area (Å²) in [4.78, 5) is 29.5. The molecule has 5 heteroatoms.